The molecule has 122 valence electrons. The highest BCUT2D eigenvalue weighted by molar-refractivity contribution is 7.12. The van der Waals surface area contributed by atoms with Crippen LogP contribution in [0.3, 0.4) is 0 Å². The Labute approximate surface area is 143 Å². The topological polar surface area (TPSA) is 66.4 Å². The largest absolute Gasteiger partial charge is 0.387 e. The predicted molar refractivity (Wildman–Crippen MR) is 95.6 cm³/mol. The molecule has 1 unspecified atom stereocenters. The van der Waals surface area contributed by atoms with Crippen LogP contribution in [0.25, 0.3) is 10.8 Å². The van der Waals surface area contributed by atoms with Gasteiger partial charge in [-0.2, -0.15) is 0 Å². The molecule has 4 nitrogen and oxygen atoms in total. The number of hydrogen-bond acceptors (Lipinski definition) is 4. The molecular formula is C19H17NO3S. The highest BCUT2D eigenvalue weighted by atomic mass is 32.1. The third kappa shape index (κ3) is 3.53. The molecule has 0 aliphatic rings. The molecule has 2 aromatic carbocycles. The number of rotatable bonds is 5. The zero-order valence-electron chi connectivity index (χ0n) is 13.2. The Hall–Kier alpha value is -2.50. The van der Waals surface area contributed by atoms with Gasteiger partial charge in [-0.05, 0) is 35.4 Å². The van der Waals surface area contributed by atoms with Crippen LogP contribution in [0.2, 0.25) is 0 Å². The summed E-state index contributed by atoms with van der Waals surface area (Å²) in [5.74, 6) is -0.353. The zero-order valence-corrected chi connectivity index (χ0v) is 14.0. The smallest absolute Gasteiger partial charge is 0.261 e. The number of amides is 1. The first-order chi connectivity index (χ1) is 11.5. The molecule has 2 N–H and O–H groups in total. The van der Waals surface area contributed by atoms with Crippen molar-refractivity contribution in [1.29, 1.82) is 0 Å². The number of carbonyl (C=O) groups excluding carboxylic acids is 2. The van der Waals surface area contributed by atoms with Gasteiger partial charge < -0.3 is 10.4 Å². The Morgan fingerprint density at radius 1 is 1.12 bits per heavy atom. The monoisotopic (exact) mass is 339 g/mol. The third-order valence-corrected chi connectivity index (χ3v) is 4.77. The molecule has 1 amide bonds. The Morgan fingerprint density at radius 3 is 2.58 bits per heavy atom. The minimum absolute atomic E-state index is 0.0681. The van der Waals surface area contributed by atoms with Crippen LogP contribution in [0.4, 0.5) is 0 Å². The van der Waals surface area contributed by atoms with Crippen molar-refractivity contribution in [2.24, 2.45) is 0 Å². The summed E-state index contributed by atoms with van der Waals surface area (Å²) in [5.41, 5.74) is 1.28. The summed E-state index contributed by atoms with van der Waals surface area (Å²) < 4.78 is 0. The van der Waals surface area contributed by atoms with E-state index in [-0.39, 0.29) is 18.2 Å². The molecule has 0 bridgehead atoms. The lowest BCUT2D eigenvalue weighted by Gasteiger charge is -2.12. The van der Waals surface area contributed by atoms with Crippen LogP contribution in [-0.2, 0) is 0 Å². The maximum absolute atomic E-state index is 12.1. The van der Waals surface area contributed by atoms with Gasteiger partial charge in [0.05, 0.1) is 11.0 Å². The molecule has 0 saturated carbocycles. The van der Waals surface area contributed by atoms with Crippen molar-refractivity contribution in [2.45, 2.75) is 13.0 Å². The second kappa shape index (κ2) is 6.95. The van der Waals surface area contributed by atoms with Gasteiger partial charge in [0.2, 0.25) is 0 Å². The molecule has 3 aromatic rings. The van der Waals surface area contributed by atoms with Gasteiger partial charge in [0.15, 0.2) is 5.78 Å². The molecule has 0 saturated heterocycles. The molecule has 1 aromatic heterocycles. The van der Waals surface area contributed by atoms with Gasteiger partial charge in [0.25, 0.3) is 5.91 Å². The average molecular weight is 339 g/mol. The molecule has 1 heterocycles. The summed E-state index contributed by atoms with van der Waals surface area (Å²) >= 11 is 1.22. The van der Waals surface area contributed by atoms with E-state index in [0.717, 1.165) is 16.3 Å². The molecule has 0 spiro atoms. The van der Waals surface area contributed by atoms with Gasteiger partial charge in [-0.3, -0.25) is 9.59 Å². The molecule has 24 heavy (non-hydrogen) atoms. The molecular weight excluding hydrogens is 322 g/mol. The Kier molecular flexibility index (Phi) is 4.74. The van der Waals surface area contributed by atoms with E-state index in [9.17, 15) is 14.7 Å². The fourth-order valence-corrected chi connectivity index (χ4v) is 3.31. The number of aliphatic hydroxyl groups excluding tert-OH is 1. The van der Waals surface area contributed by atoms with Crippen LogP contribution in [-0.4, -0.2) is 23.3 Å². The lowest BCUT2D eigenvalue weighted by Crippen LogP contribution is -2.27. The van der Waals surface area contributed by atoms with Gasteiger partial charge in [-0.15, -0.1) is 11.3 Å². The summed E-state index contributed by atoms with van der Waals surface area (Å²) in [4.78, 5) is 23.8. The predicted octanol–water partition coefficient (Wildman–Crippen LogP) is 3.57. The lowest BCUT2D eigenvalue weighted by molar-refractivity contribution is 0.0920. The molecule has 3 rings (SSSR count). The summed E-state index contributed by atoms with van der Waals surface area (Å²) in [6, 6.07) is 15.2. The van der Waals surface area contributed by atoms with Gasteiger partial charge in [-0.1, -0.05) is 36.4 Å². The van der Waals surface area contributed by atoms with Gasteiger partial charge >= 0.3 is 0 Å². The van der Waals surface area contributed by atoms with Gasteiger partial charge in [0.1, 0.15) is 0 Å². The molecule has 0 aliphatic heterocycles. The number of Topliss-reactive ketones (excluding diaryl/α,β-unsaturated/α-hetero) is 1. The number of carbonyl (C=O) groups is 2. The lowest BCUT2D eigenvalue weighted by atomic mass is 10.0. The molecule has 5 heteroatoms. The summed E-state index contributed by atoms with van der Waals surface area (Å²) in [6.45, 7) is 1.58. The van der Waals surface area contributed by atoms with E-state index in [1.807, 2.05) is 42.5 Å². The fraction of sp³-hybridized carbons (Fsp3) is 0.158. The summed E-state index contributed by atoms with van der Waals surface area (Å²) in [6.07, 6.45) is -0.786. The van der Waals surface area contributed by atoms with Crippen LogP contribution >= 0.6 is 11.3 Å². The highest BCUT2D eigenvalue weighted by Gasteiger charge is 2.14. The normalized spacial score (nSPS) is 12.1. The minimum Gasteiger partial charge on any atom is -0.387 e. The maximum Gasteiger partial charge on any atom is 0.261 e. The van der Waals surface area contributed by atoms with Crippen LogP contribution < -0.4 is 5.32 Å². The minimum atomic E-state index is -0.786. The van der Waals surface area contributed by atoms with E-state index < -0.39 is 6.10 Å². The van der Waals surface area contributed by atoms with Crippen molar-refractivity contribution >= 4 is 33.8 Å². The quantitative estimate of drug-likeness (QED) is 0.699. The first kappa shape index (κ1) is 16.4. The van der Waals surface area contributed by atoms with Crippen molar-refractivity contribution in [3.63, 3.8) is 0 Å². The van der Waals surface area contributed by atoms with E-state index in [1.54, 1.807) is 11.4 Å². The first-order valence-electron chi connectivity index (χ1n) is 7.59. The van der Waals surface area contributed by atoms with E-state index in [1.165, 1.54) is 18.3 Å². The first-order valence-corrected chi connectivity index (χ1v) is 8.47. The number of hydrogen-bond donors (Lipinski definition) is 2. The summed E-state index contributed by atoms with van der Waals surface area (Å²) in [7, 11) is 0. The zero-order chi connectivity index (χ0) is 17.1. The maximum atomic E-state index is 12.1. The molecule has 0 fully saturated rings. The van der Waals surface area contributed by atoms with Gasteiger partial charge in [0, 0.05) is 17.5 Å². The van der Waals surface area contributed by atoms with Crippen LogP contribution in [0.1, 0.15) is 38.6 Å². The number of benzene rings is 2. The van der Waals surface area contributed by atoms with E-state index in [4.69, 9.17) is 0 Å². The SMILES string of the molecule is CC(=O)c1csc(C(=O)NCC(O)c2ccc3ccccc3c2)c1. The second-order valence-corrected chi connectivity index (χ2v) is 6.50. The van der Waals surface area contributed by atoms with Crippen molar-refractivity contribution < 1.29 is 14.7 Å². The van der Waals surface area contributed by atoms with Crippen molar-refractivity contribution in [1.82, 2.24) is 5.32 Å². The highest BCUT2D eigenvalue weighted by Crippen LogP contribution is 2.20. The van der Waals surface area contributed by atoms with E-state index in [2.05, 4.69) is 5.32 Å². The Morgan fingerprint density at radius 2 is 1.88 bits per heavy atom. The van der Waals surface area contributed by atoms with E-state index >= 15 is 0 Å². The van der Waals surface area contributed by atoms with Crippen LogP contribution in [0.15, 0.2) is 53.9 Å². The van der Waals surface area contributed by atoms with Crippen LogP contribution in [0, 0.1) is 0 Å². The van der Waals surface area contributed by atoms with Crippen molar-refractivity contribution in [3.8, 4) is 0 Å². The molecule has 0 aliphatic carbocycles. The number of fused-ring (bicyclic) bond motifs is 1. The average Bonchev–Trinajstić information content (AvgIpc) is 3.09. The second-order valence-electron chi connectivity index (χ2n) is 5.59. The van der Waals surface area contributed by atoms with E-state index in [0.29, 0.717) is 10.4 Å². The summed E-state index contributed by atoms with van der Waals surface area (Å²) in [5, 5.41) is 16.8. The van der Waals surface area contributed by atoms with Crippen molar-refractivity contribution in [2.75, 3.05) is 6.54 Å². The Bertz CT molecular complexity index is 900. The molecule has 0 radical (unpaired) electrons. The number of ketones is 1. The molecule has 1 atom stereocenters. The third-order valence-electron chi connectivity index (χ3n) is 3.84. The standard InChI is InChI=1S/C19H17NO3S/c1-12(21)16-9-18(24-11-16)19(23)20-10-17(22)15-7-6-13-4-2-3-5-14(13)8-15/h2-9,11,17,22H,10H2,1H3,(H,20,23). The number of aliphatic hydroxyl groups is 1. The Balaban J connectivity index is 1.66. The van der Waals surface area contributed by atoms with Gasteiger partial charge in [-0.25, -0.2) is 0 Å². The number of thiophene rings is 1. The fourth-order valence-electron chi connectivity index (χ4n) is 2.45. The number of nitrogens with one attached hydrogen (secondary N) is 1. The van der Waals surface area contributed by atoms with Crippen molar-refractivity contribution in [3.05, 3.63) is 69.9 Å². The van der Waals surface area contributed by atoms with Crippen LogP contribution in [0.5, 0.6) is 0 Å².